The number of carbonyl (C=O) groups excluding carboxylic acids is 1. The van der Waals surface area contributed by atoms with Gasteiger partial charge in [0.1, 0.15) is 17.2 Å². The highest BCUT2D eigenvalue weighted by molar-refractivity contribution is 6.06. The van der Waals surface area contributed by atoms with Crippen LogP contribution < -0.4 is 14.2 Å². The van der Waals surface area contributed by atoms with Gasteiger partial charge >= 0.3 is 0 Å². The molecule has 31 heavy (non-hydrogen) atoms. The molecule has 0 atom stereocenters. The summed E-state index contributed by atoms with van der Waals surface area (Å²) in [6, 6.07) is 11.2. The number of ketones is 1. The fraction of sp³-hybridized carbons (Fsp3) is 0.444. The van der Waals surface area contributed by atoms with Crippen LogP contribution in [0.5, 0.6) is 17.2 Å². The Morgan fingerprint density at radius 2 is 1.45 bits per heavy atom. The first-order valence-electron chi connectivity index (χ1n) is 11.4. The number of hydrogen-bond donors (Lipinski definition) is 0. The zero-order valence-corrected chi connectivity index (χ0v) is 19.4. The van der Waals surface area contributed by atoms with Crippen LogP contribution >= 0.6 is 0 Å². The Morgan fingerprint density at radius 1 is 0.871 bits per heavy atom. The van der Waals surface area contributed by atoms with Crippen LogP contribution in [-0.4, -0.2) is 26.1 Å². The molecule has 0 spiro atoms. The summed E-state index contributed by atoms with van der Waals surface area (Å²) in [6.07, 6.45) is 9.53. The SMILES string of the molecule is CCCCOc1cc(C=CC(=O)c2ccc(OC)cc2)cc(OCCCC)c1CCC. The van der Waals surface area contributed by atoms with Crippen LogP contribution in [0.25, 0.3) is 6.08 Å². The van der Waals surface area contributed by atoms with Gasteiger partial charge in [0.25, 0.3) is 0 Å². The van der Waals surface area contributed by atoms with Gasteiger partial charge in [-0.3, -0.25) is 4.79 Å². The third kappa shape index (κ3) is 7.78. The Balaban J connectivity index is 2.30. The van der Waals surface area contributed by atoms with Crippen molar-refractivity contribution in [3.05, 3.63) is 59.2 Å². The van der Waals surface area contributed by atoms with E-state index in [9.17, 15) is 4.79 Å². The lowest BCUT2D eigenvalue weighted by Crippen LogP contribution is -2.05. The number of benzene rings is 2. The zero-order chi connectivity index (χ0) is 22.5. The molecular weight excluding hydrogens is 388 g/mol. The van der Waals surface area contributed by atoms with E-state index in [4.69, 9.17) is 14.2 Å². The fourth-order valence-corrected chi connectivity index (χ4v) is 3.17. The van der Waals surface area contributed by atoms with E-state index in [0.29, 0.717) is 18.8 Å². The van der Waals surface area contributed by atoms with Crippen molar-refractivity contribution < 1.29 is 19.0 Å². The molecule has 0 N–H and O–H groups in total. The van der Waals surface area contributed by atoms with Crippen LogP contribution in [0, 0.1) is 0 Å². The van der Waals surface area contributed by atoms with Crippen LogP contribution in [0.2, 0.25) is 0 Å². The molecule has 4 heteroatoms. The highest BCUT2D eigenvalue weighted by atomic mass is 16.5. The molecule has 2 rings (SSSR count). The monoisotopic (exact) mass is 424 g/mol. The Hall–Kier alpha value is -2.75. The van der Waals surface area contributed by atoms with E-state index in [0.717, 1.165) is 66.9 Å². The predicted octanol–water partition coefficient (Wildman–Crippen LogP) is 6.90. The van der Waals surface area contributed by atoms with E-state index >= 15 is 0 Å². The number of ether oxygens (including phenoxy) is 3. The number of rotatable bonds is 14. The van der Waals surface area contributed by atoms with Crippen LogP contribution in [0.1, 0.15) is 74.4 Å². The minimum absolute atomic E-state index is 0.0535. The first kappa shape index (κ1) is 24.5. The largest absolute Gasteiger partial charge is 0.497 e. The standard InChI is InChI=1S/C27H36O4/c1-5-8-17-30-26-19-21(20-27(24(26)10-7-3)31-18-9-6-2)11-16-25(28)22-12-14-23(29-4)15-13-22/h11-16,19-20H,5-10,17-18H2,1-4H3. The topological polar surface area (TPSA) is 44.8 Å². The maximum absolute atomic E-state index is 12.6. The molecule has 0 fully saturated rings. The van der Waals surface area contributed by atoms with Crippen LogP contribution in [0.3, 0.4) is 0 Å². The molecule has 0 aliphatic carbocycles. The lowest BCUT2D eigenvalue weighted by molar-refractivity contribution is 0.104. The molecular formula is C27H36O4. The molecule has 0 unspecified atom stereocenters. The van der Waals surface area contributed by atoms with Gasteiger partial charge in [0.2, 0.25) is 0 Å². The van der Waals surface area contributed by atoms with Crippen molar-refractivity contribution in [3.63, 3.8) is 0 Å². The highest BCUT2D eigenvalue weighted by Gasteiger charge is 2.13. The van der Waals surface area contributed by atoms with Gasteiger partial charge < -0.3 is 14.2 Å². The molecule has 168 valence electrons. The summed E-state index contributed by atoms with van der Waals surface area (Å²) in [5.41, 5.74) is 2.64. The number of unbranched alkanes of at least 4 members (excludes halogenated alkanes) is 2. The van der Waals surface area contributed by atoms with Crippen molar-refractivity contribution >= 4 is 11.9 Å². The second kappa shape index (κ2) is 13.5. The third-order valence-electron chi connectivity index (χ3n) is 5.00. The molecule has 0 bridgehead atoms. The van der Waals surface area contributed by atoms with Gasteiger partial charge in [0.15, 0.2) is 5.78 Å². The first-order chi connectivity index (χ1) is 15.1. The second-order valence-corrected chi connectivity index (χ2v) is 7.58. The fourth-order valence-electron chi connectivity index (χ4n) is 3.17. The molecule has 0 radical (unpaired) electrons. The van der Waals surface area contributed by atoms with Crippen molar-refractivity contribution in [2.75, 3.05) is 20.3 Å². The molecule has 0 aromatic heterocycles. The average molecular weight is 425 g/mol. The molecule has 4 nitrogen and oxygen atoms in total. The summed E-state index contributed by atoms with van der Waals surface area (Å²) in [5, 5.41) is 0. The molecule has 2 aromatic carbocycles. The Morgan fingerprint density at radius 3 is 1.94 bits per heavy atom. The Kier molecular flexibility index (Phi) is 10.7. The number of hydrogen-bond acceptors (Lipinski definition) is 4. The van der Waals surface area contributed by atoms with Crippen LogP contribution in [0.4, 0.5) is 0 Å². The number of methoxy groups -OCH3 is 1. The summed E-state index contributed by atoms with van der Waals surface area (Å²) >= 11 is 0. The van der Waals surface area contributed by atoms with Crippen molar-refractivity contribution in [2.45, 2.75) is 59.3 Å². The van der Waals surface area contributed by atoms with Crippen LogP contribution in [0.15, 0.2) is 42.5 Å². The minimum Gasteiger partial charge on any atom is -0.497 e. The quantitative estimate of drug-likeness (QED) is 0.188. The van der Waals surface area contributed by atoms with Crippen LogP contribution in [-0.2, 0) is 6.42 Å². The maximum Gasteiger partial charge on any atom is 0.185 e. The van der Waals surface area contributed by atoms with Crippen molar-refractivity contribution in [2.24, 2.45) is 0 Å². The molecule has 0 aliphatic heterocycles. The average Bonchev–Trinajstić information content (AvgIpc) is 2.79. The van der Waals surface area contributed by atoms with Gasteiger partial charge in [-0.1, -0.05) is 46.1 Å². The van der Waals surface area contributed by atoms with E-state index in [-0.39, 0.29) is 5.78 Å². The van der Waals surface area contributed by atoms with E-state index in [1.807, 2.05) is 18.2 Å². The molecule has 0 saturated carbocycles. The van der Waals surface area contributed by atoms with Gasteiger partial charge in [-0.05, 0) is 67.3 Å². The summed E-state index contributed by atoms with van der Waals surface area (Å²) < 4.78 is 17.4. The summed E-state index contributed by atoms with van der Waals surface area (Å²) in [4.78, 5) is 12.6. The van der Waals surface area contributed by atoms with Crippen molar-refractivity contribution in [3.8, 4) is 17.2 Å². The van der Waals surface area contributed by atoms with E-state index < -0.39 is 0 Å². The van der Waals surface area contributed by atoms with Gasteiger partial charge in [-0.2, -0.15) is 0 Å². The van der Waals surface area contributed by atoms with E-state index in [1.165, 1.54) is 0 Å². The van der Waals surface area contributed by atoms with Gasteiger partial charge in [0, 0.05) is 11.1 Å². The maximum atomic E-state index is 12.6. The summed E-state index contributed by atoms with van der Waals surface area (Å²) in [6.45, 7) is 7.82. The number of carbonyl (C=O) groups is 1. The molecule has 0 aliphatic rings. The third-order valence-corrected chi connectivity index (χ3v) is 5.00. The normalized spacial score (nSPS) is 11.0. The molecule has 0 amide bonds. The molecule has 2 aromatic rings. The number of allylic oxidation sites excluding steroid dienone is 1. The summed E-state index contributed by atoms with van der Waals surface area (Å²) in [7, 11) is 1.61. The van der Waals surface area contributed by atoms with Gasteiger partial charge in [-0.25, -0.2) is 0 Å². The summed E-state index contributed by atoms with van der Waals surface area (Å²) in [5.74, 6) is 2.40. The molecule has 0 heterocycles. The molecule has 0 saturated heterocycles. The second-order valence-electron chi connectivity index (χ2n) is 7.58. The van der Waals surface area contributed by atoms with Crippen molar-refractivity contribution in [1.82, 2.24) is 0 Å². The zero-order valence-electron chi connectivity index (χ0n) is 19.4. The van der Waals surface area contributed by atoms with Gasteiger partial charge in [0.05, 0.1) is 20.3 Å². The minimum atomic E-state index is -0.0535. The Bertz CT molecular complexity index is 806. The van der Waals surface area contributed by atoms with E-state index in [2.05, 4.69) is 20.8 Å². The smallest absolute Gasteiger partial charge is 0.185 e. The van der Waals surface area contributed by atoms with Crippen molar-refractivity contribution in [1.29, 1.82) is 0 Å². The lowest BCUT2D eigenvalue weighted by atomic mass is 10.0. The van der Waals surface area contributed by atoms with E-state index in [1.54, 1.807) is 37.5 Å². The Labute approximate surface area is 187 Å². The highest BCUT2D eigenvalue weighted by Crippen LogP contribution is 2.33. The lowest BCUT2D eigenvalue weighted by Gasteiger charge is -2.17. The first-order valence-corrected chi connectivity index (χ1v) is 11.4. The predicted molar refractivity (Wildman–Crippen MR) is 128 cm³/mol. The van der Waals surface area contributed by atoms with Gasteiger partial charge in [-0.15, -0.1) is 0 Å².